The van der Waals surface area contributed by atoms with Crippen molar-refractivity contribution < 1.29 is 23.7 Å². The normalized spacial score (nSPS) is 11.3. The number of ketones is 1. The SMILES string of the molecule is COc1cc(C(=O)/C(=C/c2c[nH]c3ccccc23)Oc2ccccc2C)cc(OC)c1OC. The number of aryl methyl sites for hydroxylation is 1. The highest BCUT2D eigenvalue weighted by Gasteiger charge is 2.22. The van der Waals surface area contributed by atoms with Crippen molar-refractivity contribution in [3.63, 3.8) is 0 Å². The predicted molar refractivity (Wildman–Crippen MR) is 129 cm³/mol. The summed E-state index contributed by atoms with van der Waals surface area (Å²) >= 11 is 0. The molecule has 3 aromatic carbocycles. The first kappa shape index (κ1) is 22.0. The summed E-state index contributed by atoms with van der Waals surface area (Å²) in [6, 6.07) is 18.7. The Labute approximate surface area is 192 Å². The molecule has 168 valence electrons. The first-order valence-corrected chi connectivity index (χ1v) is 10.4. The van der Waals surface area contributed by atoms with Crippen molar-refractivity contribution in [2.75, 3.05) is 21.3 Å². The molecule has 1 aromatic heterocycles. The summed E-state index contributed by atoms with van der Waals surface area (Å²) in [6.07, 6.45) is 3.60. The molecule has 4 aromatic rings. The minimum Gasteiger partial charge on any atom is -0.493 e. The number of fused-ring (bicyclic) bond motifs is 1. The van der Waals surface area contributed by atoms with Crippen LogP contribution in [0.3, 0.4) is 0 Å². The van der Waals surface area contributed by atoms with Gasteiger partial charge >= 0.3 is 0 Å². The van der Waals surface area contributed by atoms with Gasteiger partial charge in [0.15, 0.2) is 17.3 Å². The number of hydrogen-bond donors (Lipinski definition) is 1. The Morgan fingerprint density at radius 1 is 0.848 bits per heavy atom. The molecule has 0 amide bonds. The lowest BCUT2D eigenvalue weighted by atomic mass is 10.1. The van der Waals surface area contributed by atoms with Crippen molar-refractivity contribution in [3.8, 4) is 23.0 Å². The number of nitrogens with one attached hydrogen (secondary N) is 1. The Balaban J connectivity index is 1.84. The number of methoxy groups -OCH3 is 3. The van der Waals surface area contributed by atoms with Crippen LogP contribution in [0.1, 0.15) is 21.5 Å². The van der Waals surface area contributed by atoms with Crippen LogP contribution in [0.4, 0.5) is 0 Å². The third-order valence-electron chi connectivity index (χ3n) is 5.37. The van der Waals surface area contributed by atoms with Gasteiger partial charge in [-0.15, -0.1) is 0 Å². The van der Waals surface area contributed by atoms with Crippen molar-refractivity contribution in [2.45, 2.75) is 6.92 Å². The van der Waals surface area contributed by atoms with Gasteiger partial charge in [0, 0.05) is 28.2 Å². The maximum Gasteiger partial charge on any atom is 0.228 e. The number of H-pyrrole nitrogens is 1. The topological polar surface area (TPSA) is 69.8 Å². The molecule has 0 bridgehead atoms. The van der Waals surface area contributed by atoms with Gasteiger partial charge in [0.1, 0.15) is 5.75 Å². The van der Waals surface area contributed by atoms with E-state index in [2.05, 4.69) is 4.98 Å². The summed E-state index contributed by atoms with van der Waals surface area (Å²) in [7, 11) is 4.54. The second-order valence-electron chi connectivity index (χ2n) is 7.41. The molecule has 0 saturated heterocycles. The molecule has 0 spiro atoms. The fourth-order valence-electron chi connectivity index (χ4n) is 3.64. The molecule has 33 heavy (non-hydrogen) atoms. The number of ether oxygens (including phenoxy) is 4. The van der Waals surface area contributed by atoms with Gasteiger partial charge in [0.2, 0.25) is 11.5 Å². The molecule has 1 N–H and O–H groups in total. The highest BCUT2D eigenvalue weighted by atomic mass is 16.5. The van der Waals surface area contributed by atoms with Gasteiger partial charge in [-0.25, -0.2) is 0 Å². The van der Waals surface area contributed by atoms with E-state index in [-0.39, 0.29) is 11.5 Å². The molecule has 0 saturated carbocycles. The Bertz CT molecular complexity index is 1310. The van der Waals surface area contributed by atoms with Gasteiger partial charge in [-0.1, -0.05) is 36.4 Å². The number of rotatable bonds is 8. The fraction of sp³-hybridized carbons (Fsp3) is 0.148. The number of allylic oxidation sites excluding steroid dienone is 1. The third-order valence-corrected chi connectivity index (χ3v) is 5.37. The molecular formula is C27H25NO5. The zero-order valence-corrected chi connectivity index (χ0v) is 19.0. The Hall–Kier alpha value is -4.19. The fourth-order valence-corrected chi connectivity index (χ4v) is 3.64. The van der Waals surface area contributed by atoms with E-state index in [0.717, 1.165) is 22.0 Å². The summed E-state index contributed by atoms with van der Waals surface area (Å²) in [6.45, 7) is 1.93. The quantitative estimate of drug-likeness (QED) is 0.212. The standard InChI is InChI=1S/C27H25NO5/c1-17-9-5-8-12-22(17)33-23(15-19-16-28-21-11-7-6-10-20(19)21)26(29)18-13-24(30-2)27(32-4)25(14-18)31-3/h5-16,28H,1-4H3/b23-15-. The van der Waals surface area contributed by atoms with E-state index in [9.17, 15) is 4.79 Å². The average Bonchev–Trinajstić information content (AvgIpc) is 3.26. The van der Waals surface area contributed by atoms with E-state index in [1.807, 2.05) is 61.7 Å². The lowest BCUT2D eigenvalue weighted by Crippen LogP contribution is -2.11. The number of carbonyl (C=O) groups is 1. The molecule has 0 aliphatic carbocycles. The number of hydrogen-bond acceptors (Lipinski definition) is 5. The zero-order valence-electron chi connectivity index (χ0n) is 19.0. The van der Waals surface area contributed by atoms with Crippen molar-refractivity contribution in [2.24, 2.45) is 0 Å². The largest absolute Gasteiger partial charge is 0.493 e. The monoisotopic (exact) mass is 443 g/mol. The number of Topliss-reactive ketones (excluding diaryl/α,β-unsaturated/α-hetero) is 1. The first-order valence-electron chi connectivity index (χ1n) is 10.4. The smallest absolute Gasteiger partial charge is 0.228 e. The molecule has 0 unspecified atom stereocenters. The van der Waals surface area contributed by atoms with Crippen molar-refractivity contribution >= 4 is 22.8 Å². The molecule has 6 heteroatoms. The van der Waals surface area contributed by atoms with Crippen molar-refractivity contribution in [3.05, 3.63) is 89.3 Å². The van der Waals surface area contributed by atoms with Gasteiger partial charge in [-0.2, -0.15) is 0 Å². The molecule has 0 aliphatic heterocycles. The van der Waals surface area contributed by atoms with Gasteiger partial charge in [0.25, 0.3) is 0 Å². The van der Waals surface area contributed by atoms with Crippen LogP contribution in [0.2, 0.25) is 0 Å². The van der Waals surface area contributed by atoms with Crippen LogP contribution in [0, 0.1) is 6.92 Å². The minimum absolute atomic E-state index is 0.170. The highest BCUT2D eigenvalue weighted by molar-refractivity contribution is 6.11. The molecule has 1 heterocycles. The van der Waals surface area contributed by atoms with Crippen LogP contribution in [-0.4, -0.2) is 32.1 Å². The Kier molecular flexibility index (Phi) is 6.36. The van der Waals surface area contributed by atoms with Crippen LogP contribution < -0.4 is 18.9 Å². The van der Waals surface area contributed by atoms with Crippen LogP contribution in [0.5, 0.6) is 23.0 Å². The molecule has 0 aliphatic rings. The van der Waals surface area contributed by atoms with E-state index < -0.39 is 0 Å². The van der Waals surface area contributed by atoms with Crippen LogP contribution in [0.15, 0.2) is 72.6 Å². The zero-order chi connectivity index (χ0) is 23.4. The maximum absolute atomic E-state index is 13.7. The number of benzene rings is 3. The predicted octanol–water partition coefficient (Wildman–Crippen LogP) is 5.80. The summed E-state index contributed by atoms with van der Waals surface area (Å²) in [5.41, 5.74) is 3.08. The third kappa shape index (κ3) is 4.41. The van der Waals surface area contributed by atoms with Gasteiger partial charge in [-0.3, -0.25) is 4.79 Å². The maximum atomic E-state index is 13.7. The summed E-state index contributed by atoms with van der Waals surface area (Å²) in [5, 5.41) is 0.987. The number of aromatic nitrogens is 1. The second kappa shape index (κ2) is 9.53. The van der Waals surface area contributed by atoms with E-state index in [0.29, 0.717) is 28.6 Å². The first-order chi connectivity index (χ1) is 16.0. The molecule has 0 radical (unpaired) electrons. The highest BCUT2D eigenvalue weighted by Crippen LogP contribution is 2.39. The lowest BCUT2D eigenvalue weighted by molar-refractivity contribution is 0.0987. The summed E-state index contributed by atoms with van der Waals surface area (Å²) < 4.78 is 22.4. The van der Waals surface area contributed by atoms with E-state index in [1.165, 1.54) is 21.3 Å². The van der Waals surface area contributed by atoms with E-state index in [4.69, 9.17) is 18.9 Å². The van der Waals surface area contributed by atoms with Crippen molar-refractivity contribution in [1.29, 1.82) is 0 Å². The van der Waals surface area contributed by atoms with Crippen molar-refractivity contribution in [1.82, 2.24) is 4.98 Å². The minimum atomic E-state index is -0.317. The number of para-hydroxylation sites is 2. The summed E-state index contributed by atoms with van der Waals surface area (Å²) in [5.74, 6) is 1.65. The molecule has 0 atom stereocenters. The van der Waals surface area contributed by atoms with Crippen LogP contribution in [-0.2, 0) is 0 Å². The molecule has 0 fully saturated rings. The van der Waals surface area contributed by atoms with E-state index >= 15 is 0 Å². The number of carbonyl (C=O) groups excluding carboxylic acids is 1. The Morgan fingerprint density at radius 2 is 1.52 bits per heavy atom. The summed E-state index contributed by atoms with van der Waals surface area (Å²) in [4.78, 5) is 16.9. The Morgan fingerprint density at radius 3 is 2.18 bits per heavy atom. The second-order valence-corrected chi connectivity index (χ2v) is 7.41. The van der Waals surface area contributed by atoms with Gasteiger partial charge in [-0.05, 0) is 42.8 Å². The number of aromatic amines is 1. The molecular weight excluding hydrogens is 418 g/mol. The lowest BCUT2D eigenvalue weighted by Gasteiger charge is -2.15. The van der Waals surface area contributed by atoms with Gasteiger partial charge in [0.05, 0.1) is 21.3 Å². The average molecular weight is 443 g/mol. The van der Waals surface area contributed by atoms with Crippen LogP contribution >= 0.6 is 0 Å². The molecule has 4 rings (SSSR count). The van der Waals surface area contributed by atoms with Crippen LogP contribution in [0.25, 0.3) is 17.0 Å². The molecule has 6 nitrogen and oxygen atoms in total. The van der Waals surface area contributed by atoms with E-state index in [1.54, 1.807) is 18.2 Å². The van der Waals surface area contributed by atoms with Gasteiger partial charge < -0.3 is 23.9 Å².